The average molecular weight is 314 g/mol. The molecule has 0 aliphatic rings. The minimum Gasteiger partial charge on any atom is -0.327 e. The Balaban J connectivity index is 2.14. The molecule has 2 rings (SSSR count). The van der Waals surface area contributed by atoms with Crippen LogP contribution in [0.25, 0.3) is 5.82 Å². The molecule has 0 radical (unpaired) electrons. The van der Waals surface area contributed by atoms with Crippen LogP contribution in [0.15, 0.2) is 24.7 Å². The van der Waals surface area contributed by atoms with Gasteiger partial charge < -0.3 is 11.1 Å². The third-order valence-electron chi connectivity index (χ3n) is 2.38. The van der Waals surface area contributed by atoms with Crippen LogP contribution in [-0.2, 0) is 4.79 Å². The lowest BCUT2D eigenvalue weighted by molar-refractivity contribution is -0.116. The molecule has 2 aromatic heterocycles. The van der Waals surface area contributed by atoms with Crippen LogP contribution < -0.4 is 11.1 Å². The van der Waals surface area contributed by atoms with E-state index in [-0.39, 0.29) is 18.4 Å². The Morgan fingerprint density at radius 3 is 2.90 bits per heavy atom. The van der Waals surface area contributed by atoms with Crippen LogP contribution in [0.5, 0.6) is 0 Å². The maximum atomic E-state index is 11.6. The molecule has 106 valence electrons. The molecule has 3 N–H and O–H groups in total. The Bertz CT molecular complexity index is 626. The normalized spacial score (nSPS) is 12.2. The Morgan fingerprint density at radius 2 is 2.25 bits per heavy atom. The Hall–Kier alpha value is -1.63. The zero-order valence-corrected chi connectivity index (χ0v) is 12.2. The number of carbonyl (C=O) groups excluding carboxylic acids is 1. The Kier molecular flexibility index (Phi) is 4.59. The summed E-state index contributed by atoms with van der Waals surface area (Å²) in [7, 11) is 0. The highest BCUT2D eigenvalue weighted by Gasteiger charge is 2.10. The molecule has 0 aromatic carbocycles. The highest BCUT2D eigenvalue weighted by molar-refractivity contribution is 6.35. The summed E-state index contributed by atoms with van der Waals surface area (Å²) >= 11 is 11.8. The summed E-state index contributed by atoms with van der Waals surface area (Å²) in [5, 5.41) is 7.60. The van der Waals surface area contributed by atoms with Gasteiger partial charge in [-0.2, -0.15) is 5.10 Å². The van der Waals surface area contributed by atoms with Gasteiger partial charge in [0.05, 0.1) is 28.1 Å². The van der Waals surface area contributed by atoms with Gasteiger partial charge in [0.15, 0.2) is 5.82 Å². The van der Waals surface area contributed by atoms with Gasteiger partial charge in [0.2, 0.25) is 5.91 Å². The Labute approximate surface area is 125 Å². The van der Waals surface area contributed by atoms with E-state index in [4.69, 9.17) is 28.9 Å². The molecule has 1 amide bonds. The summed E-state index contributed by atoms with van der Waals surface area (Å²) in [5.74, 6) is 0.262. The zero-order chi connectivity index (χ0) is 14.7. The summed E-state index contributed by atoms with van der Waals surface area (Å²) < 4.78 is 1.46. The number of aromatic nitrogens is 3. The van der Waals surface area contributed by atoms with E-state index in [9.17, 15) is 4.79 Å². The third-order valence-corrected chi connectivity index (χ3v) is 2.86. The lowest BCUT2D eigenvalue weighted by Gasteiger charge is -2.05. The van der Waals surface area contributed by atoms with Crippen molar-refractivity contribution in [3.05, 3.63) is 34.7 Å². The molecular formula is C12H13Cl2N5O. The molecule has 0 saturated heterocycles. The van der Waals surface area contributed by atoms with Crippen molar-refractivity contribution in [2.45, 2.75) is 19.4 Å². The fourth-order valence-electron chi connectivity index (χ4n) is 1.58. The molecule has 20 heavy (non-hydrogen) atoms. The topological polar surface area (TPSA) is 85.8 Å². The monoisotopic (exact) mass is 313 g/mol. The lowest BCUT2D eigenvalue weighted by Crippen LogP contribution is -2.23. The second-order valence-corrected chi connectivity index (χ2v) is 5.21. The number of carbonyl (C=O) groups is 1. The number of pyridine rings is 1. The van der Waals surface area contributed by atoms with Crippen molar-refractivity contribution in [2.24, 2.45) is 5.73 Å². The summed E-state index contributed by atoms with van der Waals surface area (Å²) in [6.45, 7) is 1.76. The van der Waals surface area contributed by atoms with Gasteiger partial charge in [0.1, 0.15) is 0 Å². The average Bonchev–Trinajstić information content (AvgIpc) is 2.75. The van der Waals surface area contributed by atoms with Crippen LogP contribution in [0.4, 0.5) is 5.69 Å². The van der Waals surface area contributed by atoms with E-state index in [1.165, 1.54) is 17.1 Å². The van der Waals surface area contributed by atoms with Crippen LogP contribution in [0.2, 0.25) is 10.0 Å². The Morgan fingerprint density at radius 1 is 1.50 bits per heavy atom. The van der Waals surface area contributed by atoms with Crippen molar-refractivity contribution < 1.29 is 4.79 Å². The first-order valence-corrected chi connectivity index (χ1v) is 6.63. The van der Waals surface area contributed by atoms with E-state index < -0.39 is 0 Å². The molecule has 8 heteroatoms. The van der Waals surface area contributed by atoms with Gasteiger partial charge in [0, 0.05) is 18.7 Å². The number of nitrogens with one attached hydrogen (secondary N) is 1. The first-order valence-electron chi connectivity index (χ1n) is 5.87. The van der Waals surface area contributed by atoms with Crippen molar-refractivity contribution in [2.75, 3.05) is 5.32 Å². The van der Waals surface area contributed by atoms with Crippen LogP contribution in [0, 0.1) is 0 Å². The van der Waals surface area contributed by atoms with Gasteiger partial charge in [-0.3, -0.25) is 4.79 Å². The fraction of sp³-hybridized carbons (Fsp3) is 0.250. The number of halogens is 2. The molecular weight excluding hydrogens is 301 g/mol. The van der Waals surface area contributed by atoms with Crippen molar-refractivity contribution in [3.8, 4) is 5.82 Å². The highest BCUT2D eigenvalue weighted by Crippen LogP contribution is 2.22. The molecule has 0 aliphatic carbocycles. The molecule has 0 fully saturated rings. The third kappa shape index (κ3) is 3.69. The maximum absolute atomic E-state index is 11.6. The van der Waals surface area contributed by atoms with Gasteiger partial charge in [0.25, 0.3) is 0 Å². The van der Waals surface area contributed by atoms with E-state index in [1.54, 1.807) is 19.2 Å². The number of rotatable bonds is 4. The summed E-state index contributed by atoms with van der Waals surface area (Å²) in [5.41, 5.74) is 6.10. The maximum Gasteiger partial charge on any atom is 0.226 e. The molecule has 2 aromatic rings. The standard InChI is InChI=1S/C12H13Cl2N5O/c1-7(15)2-11(20)18-9-5-17-19(6-9)12-10(14)3-8(13)4-16-12/h3-7H,2,15H2,1H3,(H,18,20). The van der Waals surface area contributed by atoms with Crippen LogP contribution in [0.3, 0.4) is 0 Å². The SMILES string of the molecule is CC(N)CC(=O)Nc1cnn(-c2ncc(Cl)cc2Cl)c1. The second-order valence-electron chi connectivity index (χ2n) is 4.36. The molecule has 0 saturated carbocycles. The number of amides is 1. The van der Waals surface area contributed by atoms with Gasteiger partial charge >= 0.3 is 0 Å². The summed E-state index contributed by atoms with van der Waals surface area (Å²) in [6.07, 6.45) is 4.83. The van der Waals surface area contributed by atoms with Crippen molar-refractivity contribution in [3.63, 3.8) is 0 Å². The number of anilines is 1. The molecule has 0 bridgehead atoms. The van der Waals surface area contributed by atoms with E-state index in [1.807, 2.05) is 0 Å². The smallest absolute Gasteiger partial charge is 0.226 e. The van der Waals surface area contributed by atoms with Crippen molar-refractivity contribution >= 4 is 34.8 Å². The molecule has 0 spiro atoms. The molecule has 0 aliphatic heterocycles. The first kappa shape index (κ1) is 14.8. The number of nitrogens with two attached hydrogens (primary N) is 1. The van der Waals surface area contributed by atoms with Gasteiger partial charge in [-0.15, -0.1) is 0 Å². The van der Waals surface area contributed by atoms with E-state index >= 15 is 0 Å². The number of hydrogen-bond donors (Lipinski definition) is 2. The molecule has 6 nitrogen and oxygen atoms in total. The van der Waals surface area contributed by atoms with Crippen LogP contribution in [-0.4, -0.2) is 26.7 Å². The zero-order valence-electron chi connectivity index (χ0n) is 10.7. The largest absolute Gasteiger partial charge is 0.327 e. The predicted molar refractivity (Wildman–Crippen MR) is 78.3 cm³/mol. The second kappa shape index (κ2) is 6.21. The van der Waals surface area contributed by atoms with Gasteiger partial charge in [-0.1, -0.05) is 23.2 Å². The van der Waals surface area contributed by atoms with Crippen molar-refractivity contribution in [1.82, 2.24) is 14.8 Å². The first-order chi connectivity index (χ1) is 9.45. The van der Waals surface area contributed by atoms with Gasteiger partial charge in [-0.25, -0.2) is 9.67 Å². The van der Waals surface area contributed by atoms with E-state index in [0.717, 1.165) is 0 Å². The fourth-order valence-corrected chi connectivity index (χ4v) is 2.05. The number of hydrogen-bond acceptors (Lipinski definition) is 4. The predicted octanol–water partition coefficient (Wildman–Crippen LogP) is 2.25. The van der Waals surface area contributed by atoms with E-state index in [0.29, 0.717) is 21.6 Å². The molecule has 1 atom stereocenters. The van der Waals surface area contributed by atoms with Gasteiger partial charge in [-0.05, 0) is 13.0 Å². The summed E-state index contributed by atoms with van der Waals surface area (Å²) in [6, 6.07) is 1.37. The molecule has 2 heterocycles. The summed E-state index contributed by atoms with van der Waals surface area (Å²) in [4.78, 5) is 15.7. The highest BCUT2D eigenvalue weighted by atomic mass is 35.5. The molecule has 1 unspecified atom stereocenters. The lowest BCUT2D eigenvalue weighted by atomic mass is 10.2. The minimum absolute atomic E-state index is 0.172. The number of nitrogens with zero attached hydrogens (tertiary/aromatic N) is 3. The minimum atomic E-state index is -0.197. The van der Waals surface area contributed by atoms with E-state index in [2.05, 4.69) is 15.4 Å². The van der Waals surface area contributed by atoms with Crippen molar-refractivity contribution in [1.29, 1.82) is 0 Å². The quantitative estimate of drug-likeness (QED) is 0.906. The van der Waals surface area contributed by atoms with Crippen LogP contribution in [0.1, 0.15) is 13.3 Å². The van der Waals surface area contributed by atoms with Crippen LogP contribution >= 0.6 is 23.2 Å².